The highest BCUT2D eigenvalue weighted by atomic mass is 32.1. The van der Waals surface area contributed by atoms with Gasteiger partial charge in [0.25, 0.3) is 0 Å². The Kier molecular flexibility index (Phi) is 3.99. The first kappa shape index (κ1) is 15.5. The molecule has 0 fully saturated rings. The van der Waals surface area contributed by atoms with Crippen molar-refractivity contribution in [3.05, 3.63) is 36.1 Å². The minimum Gasteiger partial charge on any atom is -0.469 e. The third-order valence-corrected chi connectivity index (χ3v) is 4.85. The van der Waals surface area contributed by atoms with Gasteiger partial charge in [-0.05, 0) is 16.7 Å². The summed E-state index contributed by atoms with van der Waals surface area (Å²) in [6.45, 7) is 0. The monoisotopic (exact) mass is 374 g/mol. The lowest BCUT2D eigenvalue weighted by Crippen LogP contribution is -2.16. The average molecular weight is 374 g/mol. The first-order valence-corrected chi connectivity index (χ1v) is 8.69. The average Bonchev–Trinajstić information content (AvgIpc) is 3.34. The van der Waals surface area contributed by atoms with Gasteiger partial charge in [-0.1, -0.05) is 17.4 Å². The number of carbonyl (C=O) groups is 1. The molecule has 4 aromatic rings. The van der Waals surface area contributed by atoms with Crippen LogP contribution in [0.1, 0.15) is 0 Å². The predicted molar refractivity (Wildman–Crippen MR) is 91.6 cm³/mol. The van der Waals surface area contributed by atoms with Gasteiger partial charge in [0.05, 0.1) is 18.2 Å². The number of hydrogen-bond acceptors (Lipinski definition) is 9. The molecule has 4 rings (SSSR count). The molecule has 0 saturated heterocycles. The largest absolute Gasteiger partial charge is 0.469 e. The van der Waals surface area contributed by atoms with Gasteiger partial charge in [0.2, 0.25) is 5.82 Å². The van der Waals surface area contributed by atoms with Crippen LogP contribution in [0.15, 0.2) is 40.5 Å². The van der Waals surface area contributed by atoms with Crippen molar-refractivity contribution in [2.45, 2.75) is 0 Å². The van der Waals surface area contributed by atoms with E-state index in [0.717, 1.165) is 4.88 Å². The number of anilines is 1. The van der Waals surface area contributed by atoms with E-state index in [1.54, 1.807) is 7.05 Å². The van der Waals surface area contributed by atoms with Crippen molar-refractivity contribution in [3.8, 4) is 27.0 Å². The van der Waals surface area contributed by atoms with E-state index in [-0.39, 0.29) is 0 Å². The molecule has 0 aliphatic rings. The van der Waals surface area contributed by atoms with Crippen LogP contribution in [0, 0.1) is 0 Å². The lowest BCUT2D eigenvalue weighted by atomic mass is 10.3. The van der Waals surface area contributed by atoms with Gasteiger partial charge in [-0.2, -0.15) is 4.80 Å². The lowest BCUT2D eigenvalue weighted by molar-refractivity contribution is 0.214. The van der Waals surface area contributed by atoms with Gasteiger partial charge < -0.3 is 9.15 Å². The van der Waals surface area contributed by atoms with Gasteiger partial charge in [0.1, 0.15) is 16.8 Å². The summed E-state index contributed by atoms with van der Waals surface area (Å²) in [5.74, 6) is 0.753. The topological polar surface area (TPSA) is 108 Å². The Labute approximate surface area is 148 Å². The summed E-state index contributed by atoms with van der Waals surface area (Å²) in [6, 6.07) is 5.40. The van der Waals surface area contributed by atoms with Gasteiger partial charge in [-0.25, -0.2) is 9.78 Å². The number of carbonyl (C=O) groups excluding carboxylic acids is 1. The van der Waals surface area contributed by atoms with E-state index in [4.69, 9.17) is 9.15 Å². The molecule has 0 aliphatic carbocycles. The Morgan fingerprint density at radius 3 is 3.00 bits per heavy atom. The predicted octanol–water partition coefficient (Wildman–Crippen LogP) is 3.27. The zero-order valence-electron chi connectivity index (χ0n) is 12.7. The first-order chi connectivity index (χ1) is 12.2. The summed E-state index contributed by atoms with van der Waals surface area (Å²) in [4.78, 5) is 19.5. The van der Waals surface area contributed by atoms with E-state index in [2.05, 4.69) is 25.7 Å². The molecule has 9 nitrogen and oxygen atoms in total. The number of thiazole rings is 1. The summed E-state index contributed by atoms with van der Waals surface area (Å²) in [5, 5.41) is 17.0. The fraction of sp³-hybridized carbons (Fsp3) is 0.0714. The normalized spacial score (nSPS) is 10.8. The van der Waals surface area contributed by atoms with E-state index >= 15 is 0 Å². The van der Waals surface area contributed by atoms with Crippen LogP contribution >= 0.6 is 22.7 Å². The molecular weight excluding hydrogens is 364 g/mol. The SMILES string of the molecule is Cn1nnc(-c2sc(NC(=O)Oc3ccoc3)nc2-c2cccs2)n1. The molecule has 0 aromatic carbocycles. The van der Waals surface area contributed by atoms with Crippen molar-refractivity contribution >= 4 is 33.9 Å². The molecule has 0 atom stereocenters. The van der Waals surface area contributed by atoms with E-state index < -0.39 is 6.09 Å². The van der Waals surface area contributed by atoms with Crippen LogP contribution in [0.2, 0.25) is 0 Å². The smallest absolute Gasteiger partial charge is 0.419 e. The summed E-state index contributed by atoms with van der Waals surface area (Å²) in [7, 11) is 1.68. The number of aromatic nitrogens is 5. The highest BCUT2D eigenvalue weighted by Crippen LogP contribution is 2.39. The lowest BCUT2D eigenvalue weighted by Gasteiger charge is -2.00. The maximum Gasteiger partial charge on any atom is 0.419 e. The number of thiophene rings is 1. The molecule has 126 valence electrons. The molecule has 4 aromatic heterocycles. The minimum absolute atomic E-state index is 0.309. The molecule has 11 heteroatoms. The Morgan fingerprint density at radius 1 is 1.40 bits per heavy atom. The Bertz CT molecular complexity index is 990. The Morgan fingerprint density at radius 2 is 2.32 bits per heavy atom. The van der Waals surface area contributed by atoms with Crippen LogP contribution in [0.25, 0.3) is 21.3 Å². The number of ether oxygens (including phenoxy) is 1. The number of nitrogens with one attached hydrogen (secondary N) is 1. The number of tetrazole rings is 1. The van der Waals surface area contributed by atoms with Crippen LogP contribution < -0.4 is 10.1 Å². The highest BCUT2D eigenvalue weighted by molar-refractivity contribution is 7.20. The fourth-order valence-corrected chi connectivity index (χ4v) is 3.69. The third kappa shape index (κ3) is 3.27. The molecule has 0 saturated carbocycles. The van der Waals surface area contributed by atoms with Crippen molar-refractivity contribution < 1.29 is 13.9 Å². The van der Waals surface area contributed by atoms with Crippen LogP contribution in [0.3, 0.4) is 0 Å². The summed E-state index contributed by atoms with van der Waals surface area (Å²) in [6.07, 6.45) is 2.08. The minimum atomic E-state index is -0.661. The van der Waals surface area contributed by atoms with Crippen molar-refractivity contribution in [2.24, 2.45) is 7.05 Å². The number of aryl methyl sites for hydroxylation is 1. The van der Waals surface area contributed by atoms with Crippen molar-refractivity contribution in [1.29, 1.82) is 0 Å². The van der Waals surface area contributed by atoms with Gasteiger partial charge >= 0.3 is 6.09 Å². The fourth-order valence-electron chi connectivity index (χ4n) is 2.01. The summed E-state index contributed by atoms with van der Waals surface area (Å²) in [5.41, 5.74) is 0.687. The number of furan rings is 1. The third-order valence-electron chi connectivity index (χ3n) is 3.01. The summed E-state index contributed by atoms with van der Waals surface area (Å²) < 4.78 is 9.94. The van der Waals surface area contributed by atoms with Gasteiger partial charge in [-0.15, -0.1) is 21.5 Å². The maximum absolute atomic E-state index is 12.0. The van der Waals surface area contributed by atoms with Crippen molar-refractivity contribution in [1.82, 2.24) is 25.2 Å². The zero-order chi connectivity index (χ0) is 17.2. The molecule has 0 bridgehead atoms. The van der Waals surface area contributed by atoms with Crippen molar-refractivity contribution in [2.75, 3.05) is 5.32 Å². The molecule has 4 heterocycles. The van der Waals surface area contributed by atoms with Crippen LogP contribution in [0.5, 0.6) is 5.75 Å². The highest BCUT2D eigenvalue weighted by Gasteiger charge is 2.21. The Hall–Kier alpha value is -3.05. The Balaban J connectivity index is 1.64. The molecule has 0 unspecified atom stereocenters. The first-order valence-electron chi connectivity index (χ1n) is 6.99. The number of amides is 1. The molecule has 0 spiro atoms. The van der Waals surface area contributed by atoms with E-state index in [1.807, 2.05) is 17.5 Å². The van der Waals surface area contributed by atoms with Gasteiger partial charge in [0.15, 0.2) is 10.9 Å². The molecule has 1 N–H and O–H groups in total. The van der Waals surface area contributed by atoms with Gasteiger partial charge in [0, 0.05) is 6.07 Å². The molecule has 1 amide bonds. The maximum atomic E-state index is 12.0. The van der Waals surface area contributed by atoms with Crippen molar-refractivity contribution in [3.63, 3.8) is 0 Å². The second-order valence-corrected chi connectivity index (χ2v) is 6.70. The number of hydrogen-bond donors (Lipinski definition) is 1. The quantitative estimate of drug-likeness (QED) is 0.584. The molecule has 0 radical (unpaired) electrons. The van der Waals surface area contributed by atoms with Crippen LogP contribution in [-0.2, 0) is 7.05 Å². The number of rotatable bonds is 4. The molecule has 25 heavy (non-hydrogen) atoms. The van der Waals surface area contributed by atoms with E-state index in [0.29, 0.717) is 27.3 Å². The second kappa shape index (κ2) is 6.45. The zero-order valence-corrected chi connectivity index (χ0v) is 14.4. The number of nitrogens with zero attached hydrogens (tertiary/aromatic N) is 5. The standard InChI is InChI=1S/C14H10N6O3S2/c1-20-18-12(17-19-20)11-10(9-3-2-6-24-9)15-13(25-11)16-14(21)23-8-4-5-22-7-8/h2-7H,1H3,(H,15,16,21). The van der Waals surface area contributed by atoms with E-state index in [1.165, 1.54) is 46.1 Å². The molecule has 0 aliphatic heterocycles. The second-order valence-electron chi connectivity index (χ2n) is 4.75. The van der Waals surface area contributed by atoms with Crippen LogP contribution in [-0.4, -0.2) is 31.3 Å². The van der Waals surface area contributed by atoms with Crippen LogP contribution in [0.4, 0.5) is 9.93 Å². The van der Waals surface area contributed by atoms with Gasteiger partial charge in [-0.3, -0.25) is 5.32 Å². The molecular formula is C14H10N6O3S2. The van der Waals surface area contributed by atoms with E-state index in [9.17, 15) is 4.79 Å². The summed E-state index contributed by atoms with van der Waals surface area (Å²) >= 11 is 2.78.